The Morgan fingerprint density at radius 2 is 1.71 bits per heavy atom. The number of nitrogens with zero attached hydrogens (tertiary/aromatic N) is 2. The Morgan fingerprint density at radius 1 is 1.10 bits per heavy atom. The van der Waals surface area contributed by atoms with E-state index in [0.717, 1.165) is 25.1 Å². The van der Waals surface area contributed by atoms with Crippen molar-refractivity contribution in [1.82, 2.24) is 15.3 Å². The third kappa shape index (κ3) is 4.01. The van der Waals surface area contributed by atoms with E-state index in [2.05, 4.69) is 15.3 Å². The highest BCUT2D eigenvalue weighted by Crippen LogP contribution is 2.30. The first kappa shape index (κ1) is 15.4. The molecule has 1 atom stereocenters. The largest absolute Gasteiger partial charge is 0.416 e. The van der Waals surface area contributed by atoms with Gasteiger partial charge in [-0.1, -0.05) is 19.1 Å². The standard InChI is InChI=1S/C15H16F3N3/c1-2-8-19-13(14-20-9-3-10-21-14)11-4-6-12(7-5-11)15(16,17)18/h3-7,9-10,13,19H,2,8H2,1H3. The van der Waals surface area contributed by atoms with Gasteiger partial charge in [0.05, 0.1) is 11.6 Å². The lowest BCUT2D eigenvalue weighted by Crippen LogP contribution is -2.25. The molecular formula is C15H16F3N3. The molecule has 0 saturated heterocycles. The van der Waals surface area contributed by atoms with Gasteiger partial charge in [-0.2, -0.15) is 13.2 Å². The number of hydrogen-bond donors (Lipinski definition) is 1. The average molecular weight is 295 g/mol. The summed E-state index contributed by atoms with van der Waals surface area (Å²) >= 11 is 0. The van der Waals surface area contributed by atoms with Gasteiger partial charge in [-0.05, 0) is 36.7 Å². The summed E-state index contributed by atoms with van der Waals surface area (Å²) in [5.74, 6) is 0.547. The van der Waals surface area contributed by atoms with Gasteiger partial charge in [-0.25, -0.2) is 9.97 Å². The minimum Gasteiger partial charge on any atom is -0.304 e. The van der Waals surface area contributed by atoms with Crippen LogP contribution in [-0.2, 0) is 6.18 Å². The topological polar surface area (TPSA) is 37.8 Å². The van der Waals surface area contributed by atoms with Gasteiger partial charge < -0.3 is 5.32 Å². The van der Waals surface area contributed by atoms with Crippen molar-refractivity contribution in [3.05, 3.63) is 59.7 Å². The van der Waals surface area contributed by atoms with E-state index >= 15 is 0 Å². The van der Waals surface area contributed by atoms with Crippen LogP contribution < -0.4 is 5.32 Å². The molecule has 0 spiro atoms. The first-order valence-electron chi connectivity index (χ1n) is 6.70. The van der Waals surface area contributed by atoms with Gasteiger partial charge in [0.15, 0.2) is 0 Å². The molecule has 1 aromatic carbocycles. The van der Waals surface area contributed by atoms with Gasteiger partial charge in [0.2, 0.25) is 0 Å². The van der Waals surface area contributed by atoms with Crippen molar-refractivity contribution in [2.45, 2.75) is 25.6 Å². The molecule has 21 heavy (non-hydrogen) atoms. The second-order valence-corrected chi connectivity index (χ2v) is 4.61. The zero-order valence-electron chi connectivity index (χ0n) is 11.6. The van der Waals surface area contributed by atoms with Crippen molar-refractivity contribution in [3.8, 4) is 0 Å². The lowest BCUT2D eigenvalue weighted by molar-refractivity contribution is -0.137. The molecule has 0 aliphatic carbocycles. The molecule has 1 heterocycles. The summed E-state index contributed by atoms with van der Waals surface area (Å²) in [6, 6.07) is 6.48. The van der Waals surface area contributed by atoms with Crippen molar-refractivity contribution < 1.29 is 13.2 Å². The summed E-state index contributed by atoms with van der Waals surface area (Å²) in [5, 5.41) is 3.25. The Bertz CT molecular complexity index is 553. The highest BCUT2D eigenvalue weighted by atomic mass is 19.4. The van der Waals surface area contributed by atoms with Gasteiger partial charge in [0.1, 0.15) is 5.82 Å². The van der Waals surface area contributed by atoms with E-state index in [1.165, 1.54) is 12.1 Å². The zero-order valence-corrected chi connectivity index (χ0v) is 11.6. The van der Waals surface area contributed by atoms with Crippen LogP contribution >= 0.6 is 0 Å². The third-order valence-electron chi connectivity index (χ3n) is 3.01. The summed E-state index contributed by atoms with van der Waals surface area (Å²) in [6.07, 6.45) is -0.182. The number of rotatable bonds is 5. The second-order valence-electron chi connectivity index (χ2n) is 4.61. The van der Waals surface area contributed by atoms with E-state index in [1.54, 1.807) is 18.5 Å². The first-order chi connectivity index (χ1) is 10.0. The van der Waals surface area contributed by atoms with Crippen LogP contribution in [0.2, 0.25) is 0 Å². The van der Waals surface area contributed by atoms with Gasteiger partial charge >= 0.3 is 6.18 Å². The molecule has 3 nitrogen and oxygen atoms in total. The van der Waals surface area contributed by atoms with Crippen molar-refractivity contribution >= 4 is 0 Å². The van der Waals surface area contributed by atoms with Gasteiger partial charge in [0, 0.05) is 12.4 Å². The molecule has 0 aliphatic rings. The van der Waals surface area contributed by atoms with Gasteiger partial charge in [-0.15, -0.1) is 0 Å². The second kappa shape index (κ2) is 6.67. The number of nitrogens with one attached hydrogen (secondary N) is 1. The quantitative estimate of drug-likeness (QED) is 0.916. The molecule has 0 saturated carbocycles. The molecule has 1 N–H and O–H groups in total. The molecule has 2 rings (SSSR count). The minimum atomic E-state index is -4.33. The monoisotopic (exact) mass is 295 g/mol. The van der Waals surface area contributed by atoms with Crippen LogP contribution in [0.5, 0.6) is 0 Å². The van der Waals surface area contributed by atoms with Crippen molar-refractivity contribution in [3.63, 3.8) is 0 Å². The molecule has 6 heteroatoms. The summed E-state index contributed by atoms with van der Waals surface area (Å²) in [4.78, 5) is 8.37. The highest BCUT2D eigenvalue weighted by molar-refractivity contribution is 5.30. The molecule has 0 bridgehead atoms. The van der Waals surface area contributed by atoms with E-state index in [1.807, 2.05) is 6.92 Å². The van der Waals surface area contributed by atoms with Crippen molar-refractivity contribution in [1.29, 1.82) is 0 Å². The Balaban J connectivity index is 2.29. The smallest absolute Gasteiger partial charge is 0.304 e. The van der Waals surface area contributed by atoms with Gasteiger partial charge in [-0.3, -0.25) is 0 Å². The predicted molar refractivity (Wildman–Crippen MR) is 73.6 cm³/mol. The maximum absolute atomic E-state index is 12.6. The predicted octanol–water partition coefficient (Wildman–Crippen LogP) is 3.58. The van der Waals surface area contributed by atoms with Crippen LogP contribution in [-0.4, -0.2) is 16.5 Å². The van der Waals surface area contributed by atoms with Crippen LogP contribution in [0.3, 0.4) is 0 Å². The lowest BCUT2D eigenvalue weighted by atomic mass is 10.0. The molecule has 0 radical (unpaired) electrons. The molecular weight excluding hydrogens is 279 g/mol. The number of halogens is 3. The Kier molecular flexibility index (Phi) is 4.90. The van der Waals surface area contributed by atoms with E-state index in [0.29, 0.717) is 11.4 Å². The molecule has 112 valence electrons. The Morgan fingerprint density at radius 3 is 2.24 bits per heavy atom. The fraction of sp³-hybridized carbons (Fsp3) is 0.333. The lowest BCUT2D eigenvalue weighted by Gasteiger charge is -2.18. The zero-order chi connectivity index (χ0) is 15.3. The van der Waals surface area contributed by atoms with Crippen LogP contribution in [0.25, 0.3) is 0 Å². The maximum atomic E-state index is 12.6. The Labute approximate surface area is 121 Å². The molecule has 0 fully saturated rings. The first-order valence-corrected chi connectivity index (χ1v) is 6.70. The third-order valence-corrected chi connectivity index (χ3v) is 3.01. The van der Waals surface area contributed by atoms with Crippen molar-refractivity contribution in [2.24, 2.45) is 0 Å². The highest BCUT2D eigenvalue weighted by Gasteiger charge is 2.30. The Hall–Kier alpha value is -1.95. The molecule has 1 aromatic heterocycles. The maximum Gasteiger partial charge on any atom is 0.416 e. The van der Waals surface area contributed by atoms with E-state index in [9.17, 15) is 13.2 Å². The van der Waals surface area contributed by atoms with E-state index in [-0.39, 0.29) is 6.04 Å². The molecule has 1 unspecified atom stereocenters. The minimum absolute atomic E-state index is 0.312. The van der Waals surface area contributed by atoms with Gasteiger partial charge in [0.25, 0.3) is 0 Å². The summed E-state index contributed by atoms with van der Waals surface area (Å²) in [6.45, 7) is 2.74. The normalized spacial score (nSPS) is 13.1. The average Bonchev–Trinajstić information content (AvgIpc) is 2.48. The number of hydrogen-bond acceptors (Lipinski definition) is 3. The summed E-state index contributed by atoms with van der Waals surface area (Å²) < 4.78 is 37.8. The fourth-order valence-electron chi connectivity index (χ4n) is 1.97. The van der Waals surface area contributed by atoms with Crippen LogP contribution in [0.15, 0.2) is 42.7 Å². The molecule has 0 aliphatic heterocycles. The number of benzene rings is 1. The van der Waals surface area contributed by atoms with E-state index < -0.39 is 11.7 Å². The summed E-state index contributed by atoms with van der Waals surface area (Å²) in [7, 11) is 0. The molecule has 0 amide bonds. The van der Waals surface area contributed by atoms with Crippen LogP contribution in [0, 0.1) is 0 Å². The van der Waals surface area contributed by atoms with Crippen molar-refractivity contribution in [2.75, 3.05) is 6.54 Å². The SMILES string of the molecule is CCCNC(c1ccc(C(F)(F)F)cc1)c1ncccn1. The molecule has 2 aromatic rings. The number of aromatic nitrogens is 2. The van der Waals surface area contributed by atoms with Crippen LogP contribution in [0.1, 0.15) is 36.3 Å². The van der Waals surface area contributed by atoms with Crippen LogP contribution in [0.4, 0.5) is 13.2 Å². The fourth-order valence-corrected chi connectivity index (χ4v) is 1.97. The number of alkyl halides is 3. The summed E-state index contributed by atoms with van der Waals surface area (Å²) in [5.41, 5.74) is 0.0529. The van der Waals surface area contributed by atoms with E-state index in [4.69, 9.17) is 0 Å².